The highest BCUT2D eigenvalue weighted by Crippen LogP contribution is 2.65. The van der Waals surface area contributed by atoms with Crippen molar-refractivity contribution in [2.45, 2.75) is 130 Å². The van der Waals surface area contributed by atoms with Gasteiger partial charge in [0.1, 0.15) is 0 Å². The second-order valence-electron chi connectivity index (χ2n) is 14.4. The monoisotopic (exact) mass is 519 g/mol. The van der Waals surface area contributed by atoms with Gasteiger partial charge in [-0.25, -0.2) is 13.1 Å². The van der Waals surface area contributed by atoms with Gasteiger partial charge >= 0.3 is 0 Å². The molecule has 0 aromatic rings. The average Bonchev–Trinajstić information content (AvgIpc) is 3.24. The molecule has 1 aliphatic heterocycles. The molecule has 4 nitrogen and oxygen atoms in total. The van der Waals surface area contributed by atoms with E-state index < -0.39 is 10.0 Å². The fourth-order valence-corrected chi connectivity index (χ4v) is 10.7. The van der Waals surface area contributed by atoms with Crippen molar-refractivity contribution < 1.29 is 13.2 Å². The van der Waals surface area contributed by atoms with E-state index in [4.69, 9.17) is 4.74 Å². The summed E-state index contributed by atoms with van der Waals surface area (Å²) in [5.74, 6) is 5.01. The Balaban J connectivity index is 1.34. The van der Waals surface area contributed by atoms with E-state index in [1.807, 2.05) is 0 Å². The van der Waals surface area contributed by atoms with Crippen LogP contribution in [-0.2, 0) is 14.8 Å². The first-order chi connectivity index (χ1) is 16.9. The zero-order valence-corrected chi connectivity index (χ0v) is 24.9. The maximum absolute atomic E-state index is 11.9. The molecule has 1 heterocycles. The minimum atomic E-state index is -3.13. The van der Waals surface area contributed by atoms with Gasteiger partial charge in [0, 0.05) is 6.04 Å². The van der Waals surface area contributed by atoms with Crippen LogP contribution >= 0.6 is 0 Å². The summed E-state index contributed by atoms with van der Waals surface area (Å²) in [6, 6.07) is 0.133. The number of ether oxygens (including phenoxy) is 1. The third-order valence-corrected chi connectivity index (χ3v) is 13.2. The van der Waals surface area contributed by atoms with Gasteiger partial charge in [-0.3, -0.25) is 0 Å². The van der Waals surface area contributed by atoms with E-state index in [1.165, 1.54) is 57.6 Å². The van der Waals surface area contributed by atoms with Crippen LogP contribution in [0.3, 0.4) is 0 Å². The Labute approximate surface area is 221 Å². The molecule has 1 saturated heterocycles. The van der Waals surface area contributed by atoms with Crippen molar-refractivity contribution in [3.63, 3.8) is 0 Å². The fraction of sp³-hybridized carbons (Fsp3) is 0.935. The first kappa shape index (κ1) is 27.2. The zero-order chi connectivity index (χ0) is 26.0. The van der Waals surface area contributed by atoms with Crippen molar-refractivity contribution in [1.82, 2.24) is 4.72 Å². The molecular formula is C31H53NO3S. The summed E-state index contributed by atoms with van der Waals surface area (Å²) in [4.78, 5) is 0. The van der Waals surface area contributed by atoms with E-state index in [0.29, 0.717) is 29.3 Å². The Morgan fingerprint density at radius 3 is 2.58 bits per heavy atom. The van der Waals surface area contributed by atoms with E-state index in [2.05, 4.69) is 46.3 Å². The summed E-state index contributed by atoms with van der Waals surface area (Å²) in [7, 11) is -3.13. The summed E-state index contributed by atoms with van der Waals surface area (Å²) in [6.45, 7) is 14.6. The van der Waals surface area contributed by atoms with Crippen LogP contribution in [0.4, 0.5) is 0 Å². The van der Waals surface area contributed by atoms with Crippen LogP contribution in [0.5, 0.6) is 0 Å². The van der Waals surface area contributed by atoms with Crippen LogP contribution in [-0.4, -0.2) is 32.4 Å². The second-order valence-corrected chi connectivity index (χ2v) is 16.1. The molecule has 1 spiro atoms. The molecule has 0 amide bonds. The topological polar surface area (TPSA) is 55.4 Å². The minimum absolute atomic E-state index is 0.0466. The van der Waals surface area contributed by atoms with Crippen LogP contribution in [0.25, 0.3) is 0 Å². The van der Waals surface area contributed by atoms with Gasteiger partial charge in [0.15, 0.2) is 0 Å². The van der Waals surface area contributed by atoms with Crippen molar-refractivity contribution in [2.75, 3.05) is 6.26 Å². The van der Waals surface area contributed by atoms with Gasteiger partial charge in [-0.05, 0) is 118 Å². The van der Waals surface area contributed by atoms with Crippen molar-refractivity contribution in [1.29, 1.82) is 0 Å². The molecule has 36 heavy (non-hydrogen) atoms. The van der Waals surface area contributed by atoms with Crippen LogP contribution in [0, 0.1) is 46.8 Å². The van der Waals surface area contributed by atoms with Gasteiger partial charge in [-0.2, -0.15) is 0 Å². The first-order valence-corrected chi connectivity index (χ1v) is 17.1. The average molecular weight is 520 g/mol. The Bertz CT molecular complexity index is 974. The summed E-state index contributed by atoms with van der Waals surface area (Å²) in [5.41, 5.74) is 3.87. The van der Waals surface area contributed by atoms with E-state index in [-0.39, 0.29) is 11.6 Å². The van der Waals surface area contributed by atoms with Gasteiger partial charge in [-0.1, -0.05) is 52.2 Å². The minimum Gasteiger partial charge on any atom is -0.371 e. The molecule has 3 saturated carbocycles. The lowest BCUT2D eigenvalue weighted by atomic mass is 9.52. The molecular weight excluding hydrogens is 466 g/mol. The highest BCUT2D eigenvalue weighted by Gasteiger charge is 2.58. The summed E-state index contributed by atoms with van der Waals surface area (Å²) >= 11 is 0. The van der Waals surface area contributed by atoms with Crippen molar-refractivity contribution in [3.05, 3.63) is 11.1 Å². The van der Waals surface area contributed by atoms with Gasteiger partial charge in [0.05, 0.1) is 18.0 Å². The predicted octanol–water partition coefficient (Wildman–Crippen LogP) is 7.10. The number of allylic oxidation sites excluding steroid dienone is 1. The number of hydrogen-bond acceptors (Lipinski definition) is 3. The molecule has 5 aliphatic rings. The lowest BCUT2D eigenvalue weighted by Gasteiger charge is -2.54. The van der Waals surface area contributed by atoms with E-state index in [9.17, 15) is 8.42 Å². The number of fused-ring (bicyclic) bond motifs is 5. The normalized spacial score (nSPS) is 47.9. The molecule has 0 aromatic heterocycles. The third kappa shape index (κ3) is 4.66. The molecule has 0 radical (unpaired) electrons. The standard InChI is InChI=1S/C31H53NO3S/c1-8-19(2)15-29-21(4)22(5)31(35-29)14-12-25-26-10-9-23-16-24(32-36(7,33)34)11-13-30(23,6)28(26)17-27(25)20(3)18-31/h19,21-26,28-29,32H,8-18H2,1-7H3/t19-,21+,22-,23-,24+,25+,26+,28+,29-,30+,31+/m1/s1. The maximum Gasteiger partial charge on any atom is 0.208 e. The van der Waals surface area contributed by atoms with Gasteiger partial charge in [0.2, 0.25) is 10.0 Å². The van der Waals surface area contributed by atoms with E-state index in [0.717, 1.165) is 42.9 Å². The highest BCUT2D eigenvalue weighted by molar-refractivity contribution is 7.88. The smallest absolute Gasteiger partial charge is 0.208 e. The van der Waals surface area contributed by atoms with Gasteiger partial charge in [-0.15, -0.1) is 0 Å². The Morgan fingerprint density at radius 2 is 1.89 bits per heavy atom. The quantitative estimate of drug-likeness (QED) is 0.394. The van der Waals surface area contributed by atoms with Crippen LogP contribution in [0.2, 0.25) is 0 Å². The van der Waals surface area contributed by atoms with Gasteiger partial charge < -0.3 is 4.74 Å². The molecule has 206 valence electrons. The third-order valence-electron chi connectivity index (χ3n) is 12.4. The molecule has 5 heteroatoms. The van der Waals surface area contributed by atoms with E-state index >= 15 is 0 Å². The predicted molar refractivity (Wildman–Crippen MR) is 148 cm³/mol. The number of rotatable bonds is 5. The van der Waals surface area contributed by atoms with Crippen molar-refractivity contribution >= 4 is 10.0 Å². The van der Waals surface area contributed by atoms with Crippen LogP contribution in [0.15, 0.2) is 11.1 Å². The first-order valence-electron chi connectivity index (χ1n) is 15.2. The molecule has 4 aliphatic carbocycles. The lowest BCUT2D eigenvalue weighted by Crippen LogP contribution is -2.50. The molecule has 4 fully saturated rings. The Hall–Kier alpha value is -0.390. The molecule has 0 aromatic carbocycles. The molecule has 1 N–H and O–H groups in total. The molecule has 5 rings (SSSR count). The number of nitrogens with one attached hydrogen (secondary N) is 1. The van der Waals surface area contributed by atoms with Crippen LogP contribution in [0.1, 0.15) is 112 Å². The summed E-state index contributed by atoms with van der Waals surface area (Å²) < 4.78 is 33.8. The number of hydrogen-bond donors (Lipinski definition) is 1. The largest absolute Gasteiger partial charge is 0.371 e. The van der Waals surface area contributed by atoms with Crippen LogP contribution < -0.4 is 4.72 Å². The van der Waals surface area contributed by atoms with Crippen molar-refractivity contribution in [3.8, 4) is 0 Å². The van der Waals surface area contributed by atoms with Gasteiger partial charge in [0.25, 0.3) is 0 Å². The molecule has 11 atom stereocenters. The Kier molecular flexibility index (Phi) is 7.30. The lowest BCUT2D eigenvalue weighted by molar-refractivity contribution is -0.0732. The maximum atomic E-state index is 11.9. The zero-order valence-electron chi connectivity index (χ0n) is 24.1. The Morgan fingerprint density at radius 1 is 1.14 bits per heavy atom. The molecule has 0 unspecified atom stereocenters. The summed E-state index contributed by atoms with van der Waals surface area (Å²) in [5, 5.41) is 0. The summed E-state index contributed by atoms with van der Waals surface area (Å²) in [6.07, 6.45) is 14.9. The SMILES string of the molecule is CC[C@@H](C)C[C@H]1O[C@]2(CC[C@@H]3C(=C(C)C2)C[C@H]2[C@H]3CC[C@@H]3C[C@@H](NS(C)(=O)=O)CC[C@@]32C)[C@H](C)[C@@H]1C. The van der Waals surface area contributed by atoms with E-state index in [1.54, 1.807) is 11.1 Å². The molecule has 0 bridgehead atoms. The fourth-order valence-electron chi connectivity index (χ4n) is 9.92. The highest BCUT2D eigenvalue weighted by atomic mass is 32.2. The second kappa shape index (κ2) is 9.66. The van der Waals surface area contributed by atoms with Crippen molar-refractivity contribution in [2.24, 2.45) is 46.8 Å². The number of sulfonamides is 1.